The van der Waals surface area contributed by atoms with Gasteiger partial charge in [0.1, 0.15) is 71.0 Å². The number of ether oxygens (including phenoxy) is 8. The summed E-state index contributed by atoms with van der Waals surface area (Å²) in [7, 11) is 0. The van der Waals surface area contributed by atoms with Gasteiger partial charge in [0, 0.05) is 52.4 Å². The molecule has 34 nitrogen and oxygen atoms in total. The van der Waals surface area contributed by atoms with Crippen LogP contribution in [-0.2, 0) is 52.3 Å². The van der Waals surface area contributed by atoms with Gasteiger partial charge < -0.3 is 117 Å². The van der Waals surface area contributed by atoms with Crippen molar-refractivity contribution < 1.29 is 111 Å². The first-order valence-corrected chi connectivity index (χ1v) is 30.2. The van der Waals surface area contributed by atoms with E-state index >= 15 is 0 Å². The minimum atomic E-state index is -1.39. The first-order chi connectivity index (χ1) is 42.2. The van der Waals surface area contributed by atoms with E-state index < -0.39 is 120 Å². The third kappa shape index (κ3) is 51.3. The molecular formula is C56H103N11O23. The number of likely N-dealkylation sites (N-methyl/N-ethyl adjacent to an activating group) is 1. The number of amides is 11. The summed E-state index contributed by atoms with van der Waals surface area (Å²) in [6.07, 6.45) is -4.37. The fourth-order valence-electron chi connectivity index (χ4n) is 7.14. The van der Waals surface area contributed by atoms with E-state index in [1.165, 1.54) is 0 Å². The topological polar surface area (TPSA) is 475 Å². The Morgan fingerprint density at radius 3 is 0.733 bits per heavy atom. The quantitative estimate of drug-likeness (QED) is 0.0303. The SMILES string of the molecule is CCNC(=O)C(CCCCNC(=O)OCCOC(=O)NCCC(C)(C)O)NC(=O)C(CCCCNC(=O)OCCOC(=O)NCCC(C)(C)O)NC(=O)C(CCCCNC(=O)OCCOC(=O)NCCC(C)(C)O)NC(=O)OCCOC(=O)NCCC(C)(C)O. The summed E-state index contributed by atoms with van der Waals surface area (Å²) in [5.41, 5.74) is -4.02. The van der Waals surface area contributed by atoms with E-state index in [0.29, 0.717) is 6.42 Å². The Kier molecular flexibility index (Phi) is 42.6. The van der Waals surface area contributed by atoms with Gasteiger partial charge in [-0.3, -0.25) is 14.4 Å². The molecule has 0 saturated carbocycles. The molecule has 0 spiro atoms. The van der Waals surface area contributed by atoms with Crippen LogP contribution in [-0.4, -0.2) is 233 Å². The van der Waals surface area contributed by atoms with Gasteiger partial charge in [0.25, 0.3) is 0 Å². The molecule has 0 aromatic rings. The van der Waals surface area contributed by atoms with Crippen LogP contribution in [0.3, 0.4) is 0 Å². The Bertz CT molecular complexity index is 2150. The summed E-state index contributed by atoms with van der Waals surface area (Å²) in [5.74, 6) is -2.23. The van der Waals surface area contributed by atoms with Crippen molar-refractivity contribution in [3.63, 3.8) is 0 Å². The fraction of sp³-hybridized carbons (Fsp3) is 0.804. The van der Waals surface area contributed by atoms with Crippen molar-refractivity contribution >= 4 is 66.5 Å². The van der Waals surface area contributed by atoms with Crippen LogP contribution in [0.5, 0.6) is 0 Å². The first kappa shape index (κ1) is 82.4. The maximum Gasteiger partial charge on any atom is 0.407 e. The Balaban J connectivity index is 6.08. The zero-order valence-electron chi connectivity index (χ0n) is 53.8. The molecule has 0 aliphatic heterocycles. The molecule has 11 amide bonds. The largest absolute Gasteiger partial charge is 0.446 e. The first-order valence-electron chi connectivity index (χ1n) is 30.2. The summed E-state index contributed by atoms with van der Waals surface area (Å²) in [5, 5.41) is 67.1. The molecule has 0 fully saturated rings. The Hall–Kier alpha value is -7.59. The molecule has 0 aromatic carbocycles. The Labute approximate surface area is 526 Å². The number of unbranched alkanes of at least 4 members (excludes halogenated alkanes) is 3. The normalized spacial score (nSPS) is 12.4. The van der Waals surface area contributed by atoms with Gasteiger partial charge in [-0.2, -0.15) is 0 Å². The van der Waals surface area contributed by atoms with Gasteiger partial charge in [0.05, 0.1) is 22.4 Å². The van der Waals surface area contributed by atoms with E-state index in [9.17, 15) is 73.2 Å². The van der Waals surface area contributed by atoms with Crippen LogP contribution < -0.4 is 58.5 Å². The minimum absolute atomic E-state index is 0.0257. The lowest BCUT2D eigenvalue weighted by Crippen LogP contribution is -2.56. The van der Waals surface area contributed by atoms with Gasteiger partial charge in [-0.15, -0.1) is 0 Å². The van der Waals surface area contributed by atoms with Crippen LogP contribution in [0.25, 0.3) is 0 Å². The second kappa shape index (κ2) is 46.5. The van der Waals surface area contributed by atoms with Crippen molar-refractivity contribution in [3.05, 3.63) is 0 Å². The molecule has 0 saturated heterocycles. The highest BCUT2D eigenvalue weighted by atomic mass is 16.6. The maximum atomic E-state index is 14.2. The molecule has 0 bridgehead atoms. The van der Waals surface area contributed by atoms with Gasteiger partial charge >= 0.3 is 48.7 Å². The molecule has 15 N–H and O–H groups in total. The molecule has 0 rings (SSSR count). The molecular weight excluding hydrogens is 1190 g/mol. The summed E-state index contributed by atoms with van der Waals surface area (Å²) in [4.78, 5) is 140. The van der Waals surface area contributed by atoms with Crippen LogP contribution in [0.1, 0.15) is 146 Å². The van der Waals surface area contributed by atoms with Gasteiger partial charge in [0.2, 0.25) is 17.7 Å². The highest BCUT2D eigenvalue weighted by Gasteiger charge is 2.30. The maximum absolute atomic E-state index is 14.2. The number of nitrogens with one attached hydrogen (secondary N) is 11. The third-order valence-electron chi connectivity index (χ3n) is 12.0. The molecule has 90 heavy (non-hydrogen) atoms. The number of carbonyl (C=O) groups is 11. The van der Waals surface area contributed by atoms with Crippen molar-refractivity contribution in [3.8, 4) is 0 Å². The lowest BCUT2D eigenvalue weighted by molar-refractivity contribution is -0.133. The molecule has 0 radical (unpaired) electrons. The van der Waals surface area contributed by atoms with Crippen LogP contribution in [0.4, 0.5) is 38.4 Å². The van der Waals surface area contributed by atoms with E-state index in [1.807, 2.05) is 0 Å². The molecule has 0 aromatic heterocycles. The summed E-state index contributed by atoms with van der Waals surface area (Å²) in [6.45, 7) is 12.8. The van der Waals surface area contributed by atoms with E-state index in [-0.39, 0.29) is 169 Å². The van der Waals surface area contributed by atoms with Crippen molar-refractivity contribution in [2.45, 2.75) is 186 Å². The van der Waals surface area contributed by atoms with Crippen molar-refractivity contribution in [1.82, 2.24) is 58.5 Å². The van der Waals surface area contributed by atoms with Crippen LogP contribution in [0.2, 0.25) is 0 Å². The highest BCUT2D eigenvalue weighted by Crippen LogP contribution is 2.11. The monoisotopic (exact) mass is 1300 g/mol. The van der Waals surface area contributed by atoms with Crippen molar-refractivity contribution in [2.24, 2.45) is 0 Å². The summed E-state index contributed by atoms with van der Waals surface area (Å²) >= 11 is 0. The minimum Gasteiger partial charge on any atom is -0.446 e. The lowest BCUT2D eigenvalue weighted by atomic mass is 10.0. The number of hydrogen-bond donors (Lipinski definition) is 15. The van der Waals surface area contributed by atoms with E-state index in [4.69, 9.17) is 37.9 Å². The second-order valence-corrected chi connectivity index (χ2v) is 23.0. The van der Waals surface area contributed by atoms with E-state index in [0.717, 1.165) is 0 Å². The predicted octanol–water partition coefficient (Wildman–Crippen LogP) is 1.43. The van der Waals surface area contributed by atoms with Crippen LogP contribution in [0.15, 0.2) is 0 Å². The summed E-state index contributed by atoms with van der Waals surface area (Å²) < 4.78 is 40.2. The van der Waals surface area contributed by atoms with Gasteiger partial charge in [0.15, 0.2) is 0 Å². The average molecular weight is 1300 g/mol. The van der Waals surface area contributed by atoms with Gasteiger partial charge in [-0.05, 0) is 146 Å². The van der Waals surface area contributed by atoms with E-state index in [2.05, 4.69) is 58.5 Å². The molecule has 0 heterocycles. The number of carbonyl (C=O) groups excluding carboxylic acids is 11. The predicted molar refractivity (Wildman–Crippen MR) is 321 cm³/mol. The fourth-order valence-corrected chi connectivity index (χ4v) is 7.14. The molecule has 34 heteroatoms. The second-order valence-electron chi connectivity index (χ2n) is 23.0. The molecule has 3 atom stereocenters. The molecule has 520 valence electrons. The number of hydrogen-bond acceptors (Lipinski definition) is 23. The number of alkyl carbamates (subject to hydrolysis) is 8. The van der Waals surface area contributed by atoms with E-state index in [1.54, 1.807) is 62.3 Å². The van der Waals surface area contributed by atoms with Gasteiger partial charge in [-0.25, -0.2) is 38.4 Å². The van der Waals surface area contributed by atoms with Crippen molar-refractivity contribution in [1.29, 1.82) is 0 Å². The van der Waals surface area contributed by atoms with Gasteiger partial charge in [-0.1, -0.05) is 0 Å². The smallest absolute Gasteiger partial charge is 0.407 e. The molecule has 0 aliphatic rings. The number of aliphatic hydroxyl groups is 4. The average Bonchev–Trinajstić information content (AvgIpc) is 1.47. The highest BCUT2D eigenvalue weighted by molar-refractivity contribution is 5.94. The number of rotatable bonds is 46. The lowest BCUT2D eigenvalue weighted by Gasteiger charge is -2.25. The Morgan fingerprint density at radius 2 is 0.500 bits per heavy atom. The van der Waals surface area contributed by atoms with Crippen LogP contribution in [0, 0.1) is 0 Å². The van der Waals surface area contributed by atoms with Crippen molar-refractivity contribution in [2.75, 3.05) is 105 Å². The molecule has 0 aliphatic carbocycles. The van der Waals surface area contributed by atoms with Crippen LogP contribution >= 0.6 is 0 Å². The summed E-state index contributed by atoms with van der Waals surface area (Å²) in [6, 6.07) is -3.90. The zero-order chi connectivity index (χ0) is 68.0. The standard InChI is InChI=1S/C56H103N11O23/c1-10-57-42(68)39(17-11-14-24-58-45(71)83-31-34-86-48(74)61-27-20-53(2,3)79)65-43(69)40(18-12-15-25-59-46(72)84-32-35-87-49(75)62-28-21-54(4,5)80)66-44(70)41(67-52(78)90-38-37-89-51(77)64-30-23-56(8,9)82)19-13-16-26-60-47(73)85-33-36-88-50(76)63-29-22-55(6,7)81/h39-41,79-82H,10-38H2,1-9H3,(H,57,68)(H,58,71)(H,59,72)(H,60,73)(H,61,74)(H,62,75)(H,63,76)(H,64,77)(H,65,69)(H,66,70)(H,67,78). The third-order valence-corrected chi connectivity index (χ3v) is 12.0. The zero-order valence-corrected chi connectivity index (χ0v) is 53.8. The Morgan fingerprint density at radius 1 is 0.289 bits per heavy atom. The molecule has 3 unspecified atom stereocenters.